The first-order valence-electron chi connectivity index (χ1n) is 7.42. The smallest absolute Gasteiger partial charge is 0.275 e. The molecule has 24 heavy (non-hydrogen) atoms. The van der Waals surface area contributed by atoms with Crippen molar-refractivity contribution in [1.29, 1.82) is 0 Å². The van der Waals surface area contributed by atoms with Gasteiger partial charge in [0.25, 0.3) is 5.91 Å². The van der Waals surface area contributed by atoms with Crippen LogP contribution in [0.4, 0.5) is 11.4 Å². The maximum absolute atomic E-state index is 12.2. The normalized spacial score (nSPS) is 11.3. The zero-order chi connectivity index (χ0) is 17.7. The number of nitrogens with two attached hydrogens (primary N) is 1. The number of benzene rings is 1. The van der Waals surface area contributed by atoms with Crippen molar-refractivity contribution in [2.45, 2.75) is 26.8 Å². The van der Waals surface area contributed by atoms with E-state index in [-0.39, 0.29) is 23.9 Å². The molecule has 0 radical (unpaired) electrons. The summed E-state index contributed by atoms with van der Waals surface area (Å²) in [6.07, 6.45) is 0.526. The van der Waals surface area contributed by atoms with E-state index in [1.54, 1.807) is 37.4 Å². The van der Waals surface area contributed by atoms with Crippen LogP contribution < -0.4 is 15.8 Å². The van der Waals surface area contributed by atoms with Gasteiger partial charge in [0.15, 0.2) is 0 Å². The molecule has 1 aromatic carbocycles. The van der Waals surface area contributed by atoms with Gasteiger partial charge in [-0.15, -0.1) is 11.3 Å². The fourth-order valence-electron chi connectivity index (χ4n) is 2.06. The van der Waals surface area contributed by atoms with E-state index in [1.807, 2.05) is 0 Å². The van der Waals surface area contributed by atoms with E-state index in [9.17, 15) is 13.2 Å². The van der Waals surface area contributed by atoms with Crippen molar-refractivity contribution in [3.05, 3.63) is 39.8 Å². The Balaban J connectivity index is 2.19. The Labute approximate surface area is 145 Å². The monoisotopic (exact) mass is 368 g/mol. The Morgan fingerprint density at radius 1 is 1.33 bits per heavy atom. The summed E-state index contributed by atoms with van der Waals surface area (Å²) in [5.74, 6) is -0.313. The lowest BCUT2D eigenvalue weighted by Crippen LogP contribution is -2.18. The van der Waals surface area contributed by atoms with Crippen LogP contribution in [0.1, 0.15) is 34.4 Å². The molecule has 0 fully saturated rings. The second-order valence-electron chi connectivity index (χ2n) is 5.18. The molecule has 0 bridgehead atoms. The van der Waals surface area contributed by atoms with E-state index in [0.717, 1.165) is 0 Å². The molecule has 0 saturated heterocycles. The minimum atomic E-state index is -3.39. The molecule has 0 unspecified atom stereocenters. The average molecular weight is 368 g/mol. The number of thiazole rings is 1. The molecule has 0 aliphatic carbocycles. The molecule has 0 aliphatic rings. The molecule has 1 amide bonds. The molecule has 130 valence electrons. The Morgan fingerprint density at radius 2 is 2.04 bits per heavy atom. The quantitative estimate of drug-likeness (QED) is 0.694. The molecule has 1 heterocycles. The van der Waals surface area contributed by atoms with Crippen molar-refractivity contribution in [2.75, 3.05) is 15.8 Å². The minimum absolute atomic E-state index is 0.0454. The van der Waals surface area contributed by atoms with E-state index in [4.69, 9.17) is 5.73 Å². The maximum atomic E-state index is 12.2. The summed E-state index contributed by atoms with van der Waals surface area (Å²) >= 11 is 1.32. The van der Waals surface area contributed by atoms with E-state index >= 15 is 0 Å². The predicted octanol–water partition coefficient (Wildman–Crippen LogP) is 2.31. The van der Waals surface area contributed by atoms with E-state index in [2.05, 4.69) is 15.0 Å². The first-order valence-corrected chi connectivity index (χ1v) is 9.95. The molecular formula is C15H20N4O3S2. The molecule has 0 saturated carbocycles. The van der Waals surface area contributed by atoms with Crippen LogP contribution in [0.5, 0.6) is 0 Å². The topological polar surface area (TPSA) is 114 Å². The number of sulfonamides is 1. The number of aromatic nitrogens is 1. The molecule has 7 nitrogen and oxygen atoms in total. The van der Waals surface area contributed by atoms with Gasteiger partial charge >= 0.3 is 0 Å². The molecule has 0 aliphatic heterocycles. The van der Waals surface area contributed by atoms with Crippen LogP contribution in [-0.2, 0) is 16.6 Å². The summed E-state index contributed by atoms with van der Waals surface area (Å²) in [5.41, 5.74) is 7.40. The first kappa shape index (κ1) is 18.4. The Bertz CT molecular complexity index is 831. The van der Waals surface area contributed by atoms with Crippen LogP contribution in [0.2, 0.25) is 0 Å². The third-order valence-corrected chi connectivity index (χ3v) is 5.63. The molecule has 1 aromatic heterocycles. The van der Waals surface area contributed by atoms with Crippen LogP contribution in [-0.4, -0.2) is 25.1 Å². The zero-order valence-corrected chi connectivity index (χ0v) is 15.1. The minimum Gasteiger partial charge on any atom is -0.325 e. The van der Waals surface area contributed by atoms with Crippen molar-refractivity contribution in [3.63, 3.8) is 0 Å². The van der Waals surface area contributed by atoms with Gasteiger partial charge in [-0.1, -0.05) is 13.0 Å². The molecular weight excluding hydrogens is 348 g/mol. The van der Waals surface area contributed by atoms with Gasteiger partial charge in [0, 0.05) is 17.6 Å². The lowest BCUT2D eigenvalue weighted by molar-refractivity contribution is 0.102. The number of carbonyl (C=O) groups excluding carboxylic acids is 1. The summed E-state index contributed by atoms with van der Waals surface area (Å²) < 4.78 is 26.4. The summed E-state index contributed by atoms with van der Waals surface area (Å²) in [6, 6.07) is 5.05. The Morgan fingerprint density at radius 3 is 2.67 bits per heavy atom. The van der Waals surface area contributed by atoms with Crippen molar-refractivity contribution >= 4 is 38.6 Å². The van der Waals surface area contributed by atoms with Crippen molar-refractivity contribution in [3.8, 4) is 0 Å². The highest BCUT2D eigenvalue weighted by atomic mass is 32.2. The fraction of sp³-hybridized carbons (Fsp3) is 0.333. The molecule has 4 N–H and O–H groups in total. The highest BCUT2D eigenvalue weighted by Crippen LogP contribution is 2.25. The van der Waals surface area contributed by atoms with Crippen molar-refractivity contribution < 1.29 is 13.2 Å². The van der Waals surface area contributed by atoms with Gasteiger partial charge < -0.3 is 11.1 Å². The molecule has 2 aromatic rings. The van der Waals surface area contributed by atoms with Gasteiger partial charge in [-0.25, -0.2) is 13.4 Å². The lowest BCUT2D eigenvalue weighted by atomic mass is 10.1. The van der Waals surface area contributed by atoms with Crippen LogP contribution in [0, 0.1) is 6.92 Å². The number of amides is 1. The molecule has 2 rings (SSSR count). The number of rotatable bonds is 7. The lowest BCUT2D eigenvalue weighted by Gasteiger charge is -2.13. The SMILES string of the molecule is CCCS(=O)(=O)Nc1cccc(NC(=O)c2csc(CN)n2)c1C. The summed E-state index contributed by atoms with van der Waals surface area (Å²) in [6.45, 7) is 3.82. The first-order chi connectivity index (χ1) is 11.4. The van der Waals surface area contributed by atoms with Gasteiger partial charge in [-0.05, 0) is 31.0 Å². The molecule has 9 heteroatoms. The highest BCUT2D eigenvalue weighted by Gasteiger charge is 2.15. The number of anilines is 2. The van der Waals surface area contributed by atoms with Crippen LogP contribution in [0.25, 0.3) is 0 Å². The second-order valence-corrected chi connectivity index (χ2v) is 7.97. The number of carbonyl (C=O) groups is 1. The van der Waals surface area contributed by atoms with Crippen molar-refractivity contribution in [2.24, 2.45) is 5.73 Å². The maximum Gasteiger partial charge on any atom is 0.275 e. The van der Waals surface area contributed by atoms with Crippen LogP contribution in [0.3, 0.4) is 0 Å². The summed E-state index contributed by atoms with van der Waals surface area (Å²) in [4.78, 5) is 16.4. The van der Waals surface area contributed by atoms with Gasteiger partial charge in [-0.3, -0.25) is 9.52 Å². The van der Waals surface area contributed by atoms with Gasteiger partial charge in [0.2, 0.25) is 10.0 Å². The molecule has 0 atom stereocenters. The largest absolute Gasteiger partial charge is 0.325 e. The average Bonchev–Trinajstić information content (AvgIpc) is 3.00. The van der Waals surface area contributed by atoms with Gasteiger partial charge in [0.05, 0.1) is 11.4 Å². The number of hydrogen-bond acceptors (Lipinski definition) is 6. The molecule has 0 spiro atoms. The van der Waals surface area contributed by atoms with Gasteiger partial charge in [0.1, 0.15) is 10.7 Å². The zero-order valence-electron chi connectivity index (χ0n) is 13.5. The number of nitrogens with one attached hydrogen (secondary N) is 2. The standard InChI is InChI=1S/C15H20N4O3S2/c1-3-7-24(21,22)19-12-6-4-5-11(10(12)2)18-15(20)13-9-23-14(8-16)17-13/h4-6,9,19H,3,7-8,16H2,1-2H3,(H,18,20). The van der Waals surface area contributed by atoms with E-state index < -0.39 is 10.0 Å². The number of nitrogens with zero attached hydrogens (tertiary/aromatic N) is 1. The Hall–Kier alpha value is -1.97. The van der Waals surface area contributed by atoms with Crippen molar-refractivity contribution in [1.82, 2.24) is 4.98 Å². The Kier molecular flexibility index (Phi) is 5.92. The highest BCUT2D eigenvalue weighted by molar-refractivity contribution is 7.92. The second kappa shape index (κ2) is 7.73. The van der Waals surface area contributed by atoms with Crippen LogP contribution in [0.15, 0.2) is 23.6 Å². The number of hydrogen-bond donors (Lipinski definition) is 3. The van der Waals surface area contributed by atoms with E-state index in [0.29, 0.717) is 28.4 Å². The summed E-state index contributed by atoms with van der Waals surface area (Å²) in [7, 11) is -3.39. The summed E-state index contributed by atoms with van der Waals surface area (Å²) in [5, 5.41) is 5.07. The fourth-order valence-corrected chi connectivity index (χ4v) is 3.91. The van der Waals surface area contributed by atoms with Gasteiger partial charge in [-0.2, -0.15) is 0 Å². The third kappa shape index (κ3) is 4.53. The van der Waals surface area contributed by atoms with Crippen LogP contribution >= 0.6 is 11.3 Å². The third-order valence-electron chi connectivity index (χ3n) is 3.28. The predicted molar refractivity (Wildman–Crippen MR) is 96.8 cm³/mol. The van der Waals surface area contributed by atoms with E-state index in [1.165, 1.54) is 11.3 Å².